The lowest BCUT2D eigenvalue weighted by atomic mass is 9.81. The van der Waals surface area contributed by atoms with Crippen molar-refractivity contribution in [2.45, 2.75) is 64.0 Å². The van der Waals surface area contributed by atoms with Gasteiger partial charge in [0.2, 0.25) is 5.91 Å². The third-order valence-corrected chi connectivity index (χ3v) is 5.82. The normalized spacial score (nSPS) is 35.8. The molecule has 0 spiro atoms. The first kappa shape index (κ1) is 15.3. The van der Waals surface area contributed by atoms with E-state index in [1.807, 2.05) is 0 Å². The largest absolute Gasteiger partial charge is 0.353 e. The fourth-order valence-corrected chi connectivity index (χ4v) is 4.57. The second-order valence-corrected chi connectivity index (χ2v) is 7.33. The molecule has 120 valence electrons. The lowest BCUT2D eigenvalue weighted by Gasteiger charge is -2.43. The summed E-state index contributed by atoms with van der Waals surface area (Å²) in [5, 5.41) is 6.78. The summed E-state index contributed by atoms with van der Waals surface area (Å²) in [6.45, 7) is 7.01. The van der Waals surface area contributed by atoms with Crippen molar-refractivity contribution >= 4 is 5.91 Å². The molecule has 3 atom stereocenters. The molecule has 2 saturated carbocycles. The molecule has 0 aromatic rings. The Kier molecular flexibility index (Phi) is 5.17. The minimum atomic E-state index is 0.311. The van der Waals surface area contributed by atoms with Gasteiger partial charge in [0.25, 0.3) is 0 Å². The summed E-state index contributed by atoms with van der Waals surface area (Å²) in [4.78, 5) is 14.9. The highest BCUT2D eigenvalue weighted by Crippen LogP contribution is 2.30. The molecule has 0 radical (unpaired) electrons. The van der Waals surface area contributed by atoms with Gasteiger partial charge in [0.15, 0.2) is 0 Å². The standard InChI is InChI=1S/C17H31N3O/c1-13-12-15(19-17(21)14-4-2-3-5-14)6-7-16(13)20-10-8-18-9-11-20/h13-16,18H,2-12H2,1H3,(H,19,21). The topological polar surface area (TPSA) is 44.4 Å². The van der Waals surface area contributed by atoms with E-state index in [1.54, 1.807) is 0 Å². The maximum Gasteiger partial charge on any atom is 0.223 e. The number of rotatable bonds is 3. The quantitative estimate of drug-likeness (QED) is 0.833. The Bertz CT molecular complexity index is 348. The van der Waals surface area contributed by atoms with Gasteiger partial charge in [-0.25, -0.2) is 0 Å². The molecule has 2 N–H and O–H groups in total. The molecule has 3 aliphatic rings. The monoisotopic (exact) mass is 293 g/mol. The van der Waals surface area contributed by atoms with Gasteiger partial charge in [0, 0.05) is 44.2 Å². The van der Waals surface area contributed by atoms with Crippen LogP contribution in [0.4, 0.5) is 0 Å². The van der Waals surface area contributed by atoms with Gasteiger partial charge in [0.05, 0.1) is 0 Å². The fourth-order valence-electron chi connectivity index (χ4n) is 4.57. The van der Waals surface area contributed by atoms with Crippen molar-refractivity contribution in [3.05, 3.63) is 0 Å². The van der Waals surface area contributed by atoms with Gasteiger partial charge in [-0.15, -0.1) is 0 Å². The van der Waals surface area contributed by atoms with Gasteiger partial charge >= 0.3 is 0 Å². The molecule has 0 aromatic heterocycles. The molecule has 1 amide bonds. The number of nitrogens with one attached hydrogen (secondary N) is 2. The van der Waals surface area contributed by atoms with Crippen LogP contribution in [0.3, 0.4) is 0 Å². The zero-order chi connectivity index (χ0) is 14.7. The Labute approximate surface area is 129 Å². The van der Waals surface area contributed by atoms with E-state index in [9.17, 15) is 4.79 Å². The molecule has 3 fully saturated rings. The highest BCUT2D eigenvalue weighted by atomic mass is 16.1. The smallest absolute Gasteiger partial charge is 0.223 e. The molecule has 2 aliphatic carbocycles. The average molecular weight is 293 g/mol. The molecular formula is C17H31N3O. The number of hydrogen-bond acceptors (Lipinski definition) is 3. The Balaban J connectivity index is 1.47. The van der Waals surface area contributed by atoms with Crippen LogP contribution in [-0.2, 0) is 4.79 Å². The molecule has 3 unspecified atom stereocenters. The van der Waals surface area contributed by atoms with E-state index >= 15 is 0 Å². The Morgan fingerprint density at radius 2 is 1.81 bits per heavy atom. The molecule has 4 nitrogen and oxygen atoms in total. The minimum absolute atomic E-state index is 0.311. The highest BCUT2D eigenvalue weighted by molar-refractivity contribution is 5.79. The SMILES string of the molecule is CC1CC(NC(=O)C2CCCC2)CCC1N1CCNCC1. The van der Waals surface area contributed by atoms with E-state index < -0.39 is 0 Å². The summed E-state index contributed by atoms with van der Waals surface area (Å²) >= 11 is 0. The zero-order valence-electron chi connectivity index (χ0n) is 13.4. The predicted molar refractivity (Wildman–Crippen MR) is 85.1 cm³/mol. The van der Waals surface area contributed by atoms with Crippen LogP contribution in [0.5, 0.6) is 0 Å². The number of amides is 1. The molecule has 1 heterocycles. The van der Waals surface area contributed by atoms with Crippen molar-refractivity contribution in [1.29, 1.82) is 0 Å². The average Bonchev–Trinajstić information content (AvgIpc) is 3.02. The Morgan fingerprint density at radius 3 is 2.48 bits per heavy atom. The molecule has 0 aromatic carbocycles. The van der Waals surface area contributed by atoms with E-state index in [0.29, 0.717) is 23.8 Å². The lowest BCUT2D eigenvalue weighted by Crippen LogP contribution is -2.54. The summed E-state index contributed by atoms with van der Waals surface area (Å²) in [7, 11) is 0. The third kappa shape index (κ3) is 3.78. The summed E-state index contributed by atoms with van der Waals surface area (Å²) in [5.74, 6) is 1.35. The summed E-state index contributed by atoms with van der Waals surface area (Å²) in [6.07, 6.45) is 8.27. The van der Waals surface area contributed by atoms with Crippen LogP contribution in [0, 0.1) is 11.8 Å². The van der Waals surface area contributed by atoms with Crippen LogP contribution in [0.25, 0.3) is 0 Å². The van der Waals surface area contributed by atoms with Crippen molar-refractivity contribution in [1.82, 2.24) is 15.5 Å². The van der Waals surface area contributed by atoms with Crippen molar-refractivity contribution in [2.75, 3.05) is 26.2 Å². The first-order chi connectivity index (χ1) is 10.2. The van der Waals surface area contributed by atoms with E-state index in [2.05, 4.69) is 22.5 Å². The second kappa shape index (κ2) is 7.10. The van der Waals surface area contributed by atoms with Crippen molar-refractivity contribution in [3.8, 4) is 0 Å². The maximum absolute atomic E-state index is 12.3. The van der Waals surface area contributed by atoms with Crippen molar-refractivity contribution in [3.63, 3.8) is 0 Å². The van der Waals surface area contributed by atoms with Crippen molar-refractivity contribution in [2.24, 2.45) is 11.8 Å². The number of hydrogen-bond donors (Lipinski definition) is 2. The Hall–Kier alpha value is -0.610. The summed E-state index contributed by atoms with van der Waals surface area (Å²) < 4.78 is 0. The molecule has 1 saturated heterocycles. The second-order valence-electron chi connectivity index (χ2n) is 7.33. The van der Waals surface area contributed by atoms with E-state index in [0.717, 1.165) is 44.8 Å². The fraction of sp³-hybridized carbons (Fsp3) is 0.941. The van der Waals surface area contributed by atoms with E-state index in [4.69, 9.17) is 0 Å². The van der Waals surface area contributed by atoms with Crippen LogP contribution in [0.15, 0.2) is 0 Å². The molecule has 4 heteroatoms. The summed E-state index contributed by atoms with van der Waals surface area (Å²) in [6, 6.07) is 1.15. The molecular weight excluding hydrogens is 262 g/mol. The Morgan fingerprint density at radius 1 is 1.10 bits per heavy atom. The predicted octanol–water partition coefficient (Wildman–Crippen LogP) is 1.76. The van der Waals surface area contributed by atoms with E-state index in [1.165, 1.54) is 32.4 Å². The third-order valence-electron chi connectivity index (χ3n) is 5.82. The lowest BCUT2D eigenvalue weighted by molar-refractivity contribution is -0.126. The van der Waals surface area contributed by atoms with Gasteiger partial charge in [-0.1, -0.05) is 19.8 Å². The molecule has 0 bridgehead atoms. The van der Waals surface area contributed by atoms with Crippen LogP contribution >= 0.6 is 0 Å². The number of carbonyl (C=O) groups excluding carboxylic acids is 1. The van der Waals surface area contributed by atoms with Gasteiger partial charge in [-0.3, -0.25) is 9.69 Å². The first-order valence-corrected chi connectivity index (χ1v) is 8.99. The molecule has 1 aliphatic heterocycles. The van der Waals surface area contributed by atoms with Crippen LogP contribution < -0.4 is 10.6 Å². The van der Waals surface area contributed by atoms with E-state index in [-0.39, 0.29) is 0 Å². The van der Waals surface area contributed by atoms with Gasteiger partial charge < -0.3 is 10.6 Å². The first-order valence-electron chi connectivity index (χ1n) is 8.99. The number of nitrogens with zero attached hydrogens (tertiary/aromatic N) is 1. The number of carbonyl (C=O) groups is 1. The summed E-state index contributed by atoms with van der Waals surface area (Å²) in [5.41, 5.74) is 0. The van der Waals surface area contributed by atoms with Crippen LogP contribution in [0.2, 0.25) is 0 Å². The van der Waals surface area contributed by atoms with Crippen LogP contribution in [0.1, 0.15) is 51.9 Å². The van der Waals surface area contributed by atoms with Gasteiger partial charge in [-0.05, 0) is 38.0 Å². The number of piperazine rings is 1. The highest BCUT2D eigenvalue weighted by Gasteiger charge is 2.33. The minimum Gasteiger partial charge on any atom is -0.353 e. The molecule has 3 rings (SSSR count). The van der Waals surface area contributed by atoms with Crippen LogP contribution in [-0.4, -0.2) is 49.1 Å². The van der Waals surface area contributed by atoms with Gasteiger partial charge in [-0.2, -0.15) is 0 Å². The zero-order valence-corrected chi connectivity index (χ0v) is 13.4. The van der Waals surface area contributed by atoms with Crippen molar-refractivity contribution < 1.29 is 4.79 Å². The molecule has 21 heavy (non-hydrogen) atoms. The van der Waals surface area contributed by atoms with Gasteiger partial charge in [0.1, 0.15) is 0 Å². The maximum atomic E-state index is 12.3.